The molecule has 0 aliphatic rings. The standard InChI is InChI=1S/C12H9ClN2O2S/c13-6-8-5-11(16)15(12(8)17)9-1-3-10(4-2-9)18-7-14/h1-5,16-17H,6H2. The van der Waals surface area contributed by atoms with Gasteiger partial charge in [-0.2, -0.15) is 5.26 Å². The Bertz CT molecular complexity index is 602. The number of aromatic nitrogens is 1. The Balaban J connectivity index is 2.43. The van der Waals surface area contributed by atoms with Crippen LogP contribution in [0.25, 0.3) is 5.69 Å². The van der Waals surface area contributed by atoms with Gasteiger partial charge in [0, 0.05) is 16.5 Å². The number of thioether (sulfide) groups is 1. The van der Waals surface area contributed by atoms with E-state index in [1.54, 1.807) is 24.3 Å². The van der Waals surface area contributed by atoms with Crippen LogP contribution in [-0.4, -0.2) is 14.8 Å². The molecule has 0 aliphatic heterocycles. The highest BCUT2D eigenvalue weighted by Crippen LogP contribution is 2.33. The Kier molecular flexibility index (Phi) is 3.70. The predicted octanol–water partition coefficient (Wildman–Crippen LogP) is 3.20. The maximum absolute atomic E-state index is 9.90. The van der Waals surface area contributed by atoms with Crippen molar-refractivity contribution in [3.05, 3.63) is 35.9 Å². The second kappa shape index (κ2) is 5.25. The molecule has 0 fully saturated rings. The van der Waals surface area contributed by atoms with Crippen molar-refractivity contribution in [1.29, 1.82) is 5.26 Å². The van der Waals surface area contributed by atoms with Crippen LogP contribution in [0.5, 0.6) is 11.8 Å². The average Bonchev–Trinajstić information content (AvgIpc) is 2.66. The summed E-state index contributed by atoms with van der Waals surface area (Å²) in [5.74, 6) is -0.0404. The van der Waals surface area contributed by atoms with Crippen molar-refractivity contribution in [2.24, 2.45) is 0 Å². The number of nitriles is 1. The Morgan fingerprint density at radius 1 is 1.28 bits per heavy atom. The molecule has 0 aliphatic carbocycles. The second-order valence-corrected chi connectivity index (χ2v) is 4.63. The zero-order valence-corrected chi connectivity index (χ0v) is 10.7. The maximum atomic E-state index is 9.90. The molecule has 2 N–H and O–H groups in total. The largest absolute Gasteiger partial charge is 0.494 e. The van der Waals surface area contributed by atoms with E-state index < -0.39 is 0 Å². The first kappa shape index (κ1) is 12.7. The van der Waals surface area contributed by atoms with Gasteiger partial charge in [-0.1, -0.05) is 0 Å². The third kappa shape index (κ3) is 2.26. The number of halogens is 1. The van der Waals surface area contributed by atoms with Crippen molar-refractivity contribution in [2.45, 2.75) is 10.8 Å². The predicted molar refractivity (Wildman–Crippen MR) is 70.1 cm³/mol. The van der Waals surface area contributed by atoms with Gasteiger partial charge < -0.3 is 10.2 Å². The van der Waals surface area contributed by atoms with Crippen molar-refractivity contribution >= 4 is 23.4 Å². The van der Waals surface area contributed by atoms with Crippen LogP contribution in [0.4, 0.5) is 0 Å². The first-order valence-electron chi connectivity index (χ1n) is 5.02. The molecule has 2 aromatic rings. The zero-order valence-electron chi connectivity index (χ0n) is 9.17. The number of nitrogens with zero attached hydrogens (tertiary/aromatic N) is 2. The Hall–Kier alpha value is -1.77. The average molecular weight is 281 g/mol. The number of rotatable bonds is 3. The summed E-state index contributed by atoms with van der Waals surface area (Å²) in [5, 5.41) is 30.2. The molecule has 0 saturated carbocycles. The van der Waals surface area contributed by atoms with Gasteiger partial charge in [-0.05, 0) is 36.0 Å². The van der Waals surface area contributed by atoms with E-state index in [2.05, 4.69) is 0 Å². The third-order valence-electron chi connectivity index (χ3n) is 2.43. The highest BCUT2D eigenvalue weighted by molar-refractivity contribution is 8.03. The number of alkyl halides is 1. The number of hydrogen-bond donors (Lipinski definition) is 2. The molecule has 6 heteroatoms. The monoisotopic (exact) mass is 280 g/mol. The molecule has 0 atom stereocenters. The van der Waals surface area contributed by atoms with Gasteiger partial charge in [-0.15, -0.1) is 11.6 Å². The molecule has 0 saturated heterocycles. The number of thiocyanates is 1. The lowest BCUT2D eigenvalue weighted by Gasteiger charge is -2.07. The lowest BCUT2D eigenvalue weighted by molar-refractivity contribution is 0.401. The van der Waals surface area contributed by atoms with Crippen molar-refractivity contribution in [3.8, 4) is 22.8 Å². The van der Waals surface area contributed by atoms with Gasteiger partial charge in [0.15, 0.2) is 5.88 Å². The molecule has 92 valence electrons. The van der Waals surface area contributed by atoms with E-state index in [0.717, 1.165) is 16.7 Å². The van der Waals surface area contributed by atoms with Crippen LogP contribution in [0.1, 0.15) is 5.56 Å². The number of benzene rings is 1. The van der Waals surface area contributed by atoms with Gasteiger partial charge in [0.25, 0.3) is 0 Å². The summed E-state index contributed by atoms with van der Waals surface area (Å²) in [6.07, 6.45) is 0. The Labute approximate surface area is 113 Å². The minimum atomic E-state index is -0.0804. The van der Waals surface area contributed by atoms with Gasteiger partial charge in [-0.3, -0.25) is 4.57 Å². The fourth-order valence-corrected chi connectivity index (χ4v) is 2.18. The van der Waals surface area contributed by atoms with E-state index in [4.69, 9.17) is 16.9 Å². The quantitative estimate of drug-likeness (QED) is 0.515. The summed E-state index contributed by atoms with van der Waals surface area (Å²) in [5.41, 5.74) is 1.06. The first-order valence-corrected chi connectivity index (χ1v) is 6.37. The van der Waals surface area contributed by atoms with Crippen molar-refractivity contribution in [1.82, 2.24) is 4.57 Å². The van der Waals surface area contributed by atoms with Crippen LogP contribution in [0.15, 0.2) is 35.2 Å². The molecule has 0 unspecified atom stereocenters. The summed E-state index contributed by atoms with van der Waals surface area (Å²) in [6, 6.07) is 8.31. The highest BCUT2D eigenvalue weighted by atomic mass is 35.5. The lowest BCUT2D eigenvalue weighted by Crippen LogP contribution is -1.92. The summed E-state index contributed by atoms with van der Waals surface area (Å²) in [4.78, 5) is 0.796. The van der Waals surface area contributed by atoms with Gasteiger partial charge in [0.1, 0.15) is 5.40 Å². The van der Waals surface area contributed by atoms with E-state index in [1.165, 1.54) is 10.6 Å². The molecular weight excluding hydrogens is 272 g/mol. The van der Waals surface area contributed by atoms with Crippen LogP contribution in [0.3, 0.4) is 0 Å². The van der Waals surface area contributed by atoms with Crippen molar-refractivity contribution in [2.75, 3.05) is 0 Å². The topological polar surface area (TPSA) is 69.2 Å². The summed E-state index contributed by atoms with van der Waals surface area (Å²) in [7, 11) is 0. The Morgan fingerprint density at radius 2 is 1.94 bits per heavy atom. The number of hydrogen-bond acceptors (Lipinski definition) is 4. The highest BCUT2D eigenvalue weighted by Gasteiger charge is 2.14. The van der Waals surface area contributed by atoms with E-state index in [1.807, 2.05) is 5.40 Å². The fraction of sp³-hybridized carbons (Fsp3) is 0.0833. The van der Waals surface area contributed by atoms with Crippen LogP contribution >= 0.6 is 23.4 Å². The van der Waals surface area contributed by atoms with Gasteiger partial charge in [0.2, 0.25) is 5.88 Å². The molecule has 0 amide bonds. The SMILES string of the molecule is N#CSc1ccc(-n2c(O)cc(CCl)c2O)cc1. The number of aromatic hydroxyl groups is 2. The molecule has 1 heterocycles. The zero-order chi connectivity index (χ0) is 13.1. The molecule has 4 nitrogen and oxygen atoms in total. The first-order chi connectivity index (χ1) is 8.67. The minimum Gasteiger partial charge on any atom is -0.494 e. The van der Waals surface area contributed by atoms with E-state index >= 15 is 0 Å². The van der Waals surface area contributed by atoms with E-state index in [0.29, 0.717) is 11.3 Å². The molecule has 18 heavy (non-hydrogen) atoms. The van der Waals surface area contributed by atoms with E-state index in [9.17, 15) is 10.2 Å². The molecule has 1 aromatic heterocycles. The van der Waals surface area contributed by atoms with Gasteiger partial charge >= 0.3 is 0 Å². The van der Waals surface area contributed by atoms with Crippen molar-refractivity contribution in [3.63, 3.8) is 0 Å². The van der Waals surface area contributed by atoms with Crippen LogP contribution in [0.2, 0.25) is 0 Å². The Morgan fingerprint density at radius 3 is 2.44 bits per heavy atom. The maximum Gasteiger partial charge on any atom is 0.203 e. The molecular formula is C12H9ClN2O2S. The summed E-state index contributed by atoms with van der Waals surface area (Å²) < 4.78 is 1.29. The van der Waals surface area contributed by atoms with Gasteiger partial charge in [0.05, 0.1) is 11.6 Å². The fourth-order valence-electron chi connectivity index (χ4n) is 1.61. The van der Waals surface area contributed by atoms with E-state index in [-0.39, 0.29) is 17.6 Å². The second-order valence-electron chi connectivity index (χ2n) is 3.51. The van der Waals surface area contributed by atoms with Crippen LogP contribution < -0.4 is 0 Å². The van der Waals surface area contributed by atoms with Gasteiger partial charge in [-0.25, -0.2) is 0 Å². The molecule has 0 radical (unpaired) electrons. The van der Waals surface area contributed by atoms with Crippen LogP contribution in [0, 0.1) is 10.7 Å². The molecule has 1 aromatic carbocycles. The van der Waals surface area contributed by atoms with Crippen LogP contribution in [-0.2, 0) is 5.88 Å². The molecule has 0 spiro atoms. The molecule has 0 bridgehead atoms. The smallest absolute Gasteiger partial charge is 0.203 e. The minimum absolute atomic E-state index is 0.0798. The third-order valence-corrected chi connectivity index (χ3v) is 3.32. The summed E-state index contributed by atoms with van der Waals surface area (Å²) in [6.45, 7) is 0. The van der Waals surface area contributed by atoms with Crippen molar-refractivity contribution < 1.29 is 10.2 Å². The normalized spacial score (nSPS) is 10.2. The lowest BCUT2D eigenvalue weighted by atomic mass is 10.3. The molecule has 2 rings (SSSR count). The summed E-state index contributed by atoms with van der Waals surface area (Å²) >= 11 is 6.70.